The molecule has 8 heteroatoms. The lowest BCUT2D eigenvalue weighted by Crippen LogP contribution is -2.24. The molecule has 0 atom stereocenters. The maximum absolute atomic E-state index is 12.3. The van der Waals surface area contributed by atoms with E-state index in [1.165, 1.54) is 12.1 Å². The van der Waals surface area contributed by atoms with Gasteiger partial charge in [0.15, 0.2) is 0 Å². The van der Waals surface area contributed by atoms with Gasteiger partial charge < -0.3 is 22.1 Å². The van der Waals surface area contributed by atoms with Gasteiger partial charge in [-0.15, -0.1) is 0 Å². The first kappa shape index (κ1) is 22.2. The van der Waals surface area contributed by atoms with Crippen LogP contribution in [0.4, 0.5) is 0 Å². The average molecular weight is 430 g/mol. The van der Waals surface area contributed by atoms with E-state index in [1.807, 2.05) is 24.3 Å². The first-order chi connectivity index (χ1) is 15.3. The molecule has 32 heavy (non-hydrogen) atoms. The van der Waals surface area contributed by atoms with Crippen molar-refractivity contribution in [3.63, 3.8) is 0 Å². The molecule has 3 rings (SSSR count). The Morgan fingerprint density at radius 1 is 0.562 bits per heavy atom. The summed E-state index contributed by atoms with van der Waals surface area (Å²) in [5, 5.41) is 5.58. The van der Waals surface area contributed by atoms with Crippen molar-refractivity contribution in [2.75, 3.05) is 0 Å². The monoisotopic (exact) mass is 430 g/mol. The third kappa shape index (κ3) is 5.79. The number of nitrogens with two attached hydrogens (primary N) is 2. The van der Waals surface area contributed by atoms with Crippen LogP contribution >= 0.6 is 0 Å². The highest BCUT2D eigenvalue weighted by Gasteiger charge is 2.10. The van der Waals surface area contributed by atoms with Gasteiger partial charge in [-0.05, 0) is 47.5 Å². The number of amides is 4. The van der Waals surface area contributed by atoms with Crippen LogP contribution in [0, 0.1) is 0 Å². The van der Waals surface area contributed by atoms with E-state index >= 15 is 0 Å². The predicted octanol–water partition coefficient (Wildman–Crippen LogP) is 1.74. The summed E-state index contributed by atoms with van der Waals surface area (Å²) in [7, 11) is 0. The lowest BCUT2D eigenvalue weighted by Gasteiger charge is -2.09. The summed E-state index contributed by atoms with van der Waals surface area (Å²) < 4.78 is 0. The van der Waals surface area contributed by atoms with Crippen molar-refractivity contribution in [3.8, 4) is 0 Å². The van der Waals surface area contributed by atoms with E-state index in [2.05, 4.69) is 10.6 Å². The molecular weight excluding hydrogens is 408 g/mol. The van der Waals surface area contributed by atoms with Gasteiger partial charge in [0.1, 0.15) is 0 Å². The highest BCUT2D eigenvalue weighted by molar-refractivity contribution is 5.99. The highest BCUT2D eigenvalue weighted by atomic mass is 16.2. The maximum Gasteiger partial charge on any atom is 0.251 e. The Kier molecular flexibility index (Phi) is 6.97. The molecule has 0 spiro atoms. The molecule has 0 fully saturated rings. The summed E-state index contributed by atoms with van der Waals surface area (Å²) in [6, 6.07) is 19.8. The lowest BCUT2D eigenvalue weighted by molar-refractivity contribution is 0.0941. The van der Waals surface area contributed by atoms with Gasteiger partial charge >= 0.3 is 0 Å². The van der Waals surface area contributed by atoms with Crippen molar-refractivity contribution in [1.82, 2.24) is 10.6 Å². The van der Waals surface area contributed by atoms with Crippen LogP contribution in [-0.2, 0) is 13.1 Å². The van der Waals surface area contributed by atoms with E-state index in [1.54, 1.807) is 36.4 Å². The molecule has 0 saturated heterocycles. The van der Waals surface area contributed by atoms with Crippen LogP contribution in [0.15, 0.2) is 72.8 Å². The van der Waals surface area contributed by atoms with Crippen LogP contribution in [-0.4, -0.2) is 23.6 Å². The first-order valence-corrected chi connectivity index (χ1v) is 9.77. The Bertz CT molecular complexity index is 1080. The van der Waals surface area contributed by atoms with Crippen molar-refractivity contribution in [2.45, 2.75) is 13.1 Å². The Morgan fingerprint density at radius 2 is 0.906 bits per heavy atom. The van der Waals surface area contributed by atoms with E-state index in [0.717, 1.165) is 11.1 Å². The number of carbonyl (C=O) groups excluding carboxylic acids is 4. The van der Waals surface area contributed by atoms with Crippen LogP contribution in [0.1, 0.15) is 52.6 Å². The van der Waals surface area contributed by atoms with Crippen molar-refractivity contribution in [3.05, 3.63) is 106 Å². The number of nitrogens with one attached hydrogen (secondary N) is 2. The van der Waals surface area contributed by atoms with Gasteiger partial charge in [-0.3, -0.25) is 19.2 Å². The highest BCUT2D eigenvalue weighted by Crippen LogP contribution is 2.09. The third-order valence-corrected chi connectivity index (χ3v) is 4.75. The molecule has 0 unspecified atom stereocenters. The fourth-order valence-electron chi connectivity index (χ4n) is 2.97. The molecule has 6 N–H and O–H groups in total. The normalized spacial score (nSPS) is 10.2. The Hall–Kier alpha value is -4.46. The number of hydrogen-bond acceptors (Lipinski definition) is 4. The van der Waals surface area contributed by atoms with Crippen molar-refractivity contribution >= 4 is 23.6 Å². The molecule has 4 amide bonds. The van der Waals surface area contributed by atoms with Crippen molar-refractivity contribution < 1.29 is 19.2 Å². The van der Waals surface area contributed by atoms with E-state index in [-0.39, 0.29) is 22.9 Å². The molecule has 8 nitrogen and oxygen atoms in total. The minimum absolute atomic E-state index is 0.269. The molecule has 0 bridgehead atoms. The van der Waals surface area contributed by atoms with Gasteiger partial charge in [0.2, 0.25) is 11.8 Å². The van der Waals surface area contributed by atoms with E-state index in [9.17, 15) is 19.2 Å². The summed E-state index contributed by atoms with van der Waals surface area (Å²) in [5.74, 6) is -1.82. The van der Waals surface area contributed by atoms with E-state index < -0.39 is 11.8 Å². The molecule has 0 radical (unpaired) electrons. The second kappa shape index (κ2) is 10.0. The maximum atomic E-state index is 12.3. The first-order valence-electron chi connectivity index (χ1n) is 9.77. The molecule has 0 aliphatic heterocycles. The van der Waals surface area contributed by atoms with Crippen molar-refractivity contribution in [1.29, 1.82) is 0 Å². The minimum Gasteiger partial charge on any atom is -0.366 e. The average Bonchev–Trinajstić information content (AvgIpc) is 2.81. The molecule has 162 valence electrons. The molecule has 0 aromatic heterocycles. The van der Waals surface area contributed by atoms with E-state index in [4.69, 9.17) is 11.5 Å². The van der Waals surface area contributed by atoms with Crippen LogP contribution < -0.4 is 22.1 Å². The zero-order chi connectivity index (χ0) is 23.1. The Labute approximate surface area is 184 Å². The zero-order valence-corrected chi connectivity index (χ0v) is 17.1. The molecule has 0 saturated carbocycles. The fraction of sp³-hybridized carbons (Fsp3) is 0.0833. The van der Waals surface area contributed by atoms with E-state index in [0.29, 0.717) is 24.2 Å². The van der Waals surface area contributed by atoms with Crippen LogP contribution in [0.5, 0.6) is 0 Å². The molecule has 0 aliphatic rings. The quantitative estimate of drug-likeness (QED) is 0.431. The predicted molar refractivity (Wildman–Crippen MR) is 119 cm³/mol. The SMILES string of the molecule is NC(=O)c1cccc(C(=O)NCc2ccc(CNC(=O)c3cccc(C(N)=O)c3)cc2)c1. The van der Waals surface area contributed by atoms with Gasteiger partial charge in [-0.25, -0.2) is 0 Å². The van der Waals surface area contributed by atoms with Gasteiger partial charge in [0.05, 0.1) is 0 Å². The Morgan fingerprint density at radius 3 is 1.25 bits per heavy atom. The van der Waals surface area contributed by atoms with Gasteiger partial charge in [-0.2, -0.15) is 0 Å². The summed E-state index contributed by atoms with van der Waals surface area (Å²) >= 11 is 0. The Balaban J connectivity index is 1.53. The fourth-order valence-corrected chi connectivity index (χ4v) is 2.97. The minimum atomic E-state index is -0.595. The summed E-state index contributed by atoms with van der Waals surface area (Å²) in [6.07, 6.45) is 0. The van der Waals surface area contributed by atoms with Crippen LogP contribution in [0.3, 0.4) is 0 Å². The number of benzene rings is 3. The molecule has 3 aromatic rings. The number of hydrogen-bond donors (Lipinski definition) is 4. The van der Waals surface area contributed by atoms with Gasteiger partial charge in [-0.1, -0.05) is 36.4 Å². The number of primary amides is 2. The van der Waals surface area contributed by atoms with Crippen molar-refractivity contribution in [2.24, 2.45) is 11.5 Å². The summed E-state index contributed by atoms with van der Waals surface area (Å²) in [4.78, 5) is 47.1. The molecule has 0 aliphatic carbocycles. The second-order valence-electron chi connectivity index (χ2n) is 7.07. The molecular formula is C24H22N4O4. The summed E-state index contributed by atoms with van der Waals surface area (Å²) in [6.45, 7) is 0.596. The largest absolute Gasteiger partial charge is 0.366 e. The van der Waals surface area contributed by atoms with Gasteiger partial charge in [0.25, 0.3) is 11.8 Å². The standard InChI is InChI=1S/C24H22N4O4/c25-21(29)17-3-1-5-19(11-17)23(31)27-13-15-7-9-16(10-8-15)14-28-24(32)20-6-2-4-18(12-20)22(26)30/h1-12H,13-14H2,(H2,25,29)(H2,26,30)(H,27,31)(H,28,32). The number of carbonyl (C=O) groups is 4. The van der Waals surface area contributed by atoms with Crippen LogP contribution in [0.2, 0.25) is 0 Å². The topological polar surface area (TPSA) is 144 Å². The second-order valence-corrected chi connectivity index (χ2v) is 7.07. The zero-order valence-electron chi connectivity index (χ0n) is 17.1. The van der Waals surface area contributed by atoms with Crippen LogP contribution in [0.25, 0.3) is 0 Å². The lowest BCUT2D eigenvalue weighted by atomic mass is 10.1. The molecule has 0 heterocycles. The third-order valence-electron chi connectivity index (χ3n) is 4.75. The smallest absolute Gasteiger partial charge is 0.251 e. The van der Waals surface area contributed by atoms with Gasteiger partial charge in [0, 0.05) is 35.3 Å². The number of rotatable bonds is 8. The molecule has 3 aromatic carbocycles. The summed E-state index contributed by atoms with van der Waals surface area (Å²) in [5.41, 5.74) is 13.5.